The maximum Gasteiger partial charge on any atom is 0.168 e. The van der Waals surface area contributed by atoms with Gasteiger partial charge in [0.25, 0.3) is 0 Å². The molecule has 0 amide bonds. The summed E-state index contributed by atoms with van der Waals surface area (Å²) in [6.07, 6.45) is 8.22. The van der Waals surface area contributed by atoms with Crippen molar-refractivity contribution in [1.82, 2.24) is 0 Å². The predicted octanol–water partition coefficient (Wildman–Crippen LogP) is -4.00. The highest BCUT2D eigenvalue weighted by Gasteiger charge is 1.87. The molecule has 2 aromatic rings. The molecule has 0 saturated heterocycles. The third-order valence-electron chi connectivity index (χ3n) is 2.28. The van der Waals surface area contributed by atoms with Crippen LogP contribution in [0.1, 0.15) is 13.8 Å². The van der Waals surface area contributed by atoms with Crippen LogP contribution in [0.15, 0.2) is 61.2 Å². The van der Waals surface area contributed by atoms with E-state index in [1.54, 1.807) is 0 Å². The summed E-state index contributed by atoms with van der Waals surface area (Å²) in [6.45, 7) is 6.36. The molecule has 0 aliphatic heterocycles. The Labute approximate surface area is 115 Å². The monoisotopic (exact) mass is 270 g/mol. The lowest BCUT2D eigenvalue weighted by molar-refractivity contribution is -0.693. The molecule has 100 valence electrons. The van der Waals surface area contributed by atoms with Gasteiger partial charge in [-0.05, 0) is 13.8 Å². The van der Waals surface area contributed by atoms with Crippen molar-refractivity contribution in [2.24, 2.45) is 0 Å². The van der Waals surface area contributed by atoms with Gasteiger partial charge in [0, 0.05) is 24.3 Å². The van der Waals surface area contributed by atoms with Crippen molar-refractivity contribution >= 4 is 0 Å². The smallest absolute Gasteiger partial charge is 0.168 e. The molecule has 18 heavy (non-hydrogen) atoms. The minimum Gasteiger partial charge on any atom is -1.00 e. The summed E-state index contributed by atoms with van der Waals surface area (Å²) in [5.74, 6) is 0. The molecule has 0 aliphatic rings. The molecule has 0 N–H and O–H groups in total. The second kappa shape index (κ2) is 12.0. The number of hydrogen-bond acceptors (Lipinski definition) is 0. The molecule has 0 unspecified atom stereocenters. The van der Waals surface area contributed by atoms with Crippen LogP contribution in [0.5, 0.6) is 0 Å². The Morgan fingerprint density at radius 1 is 0.611 bits per heavy atom. The fourth-order valence-corrected chi connectivity index (χ4v) is 1.29. The van der Waals surface area contributed by atoms with E-state index in [2.05, 4.69) is 47.8 Å². The van der Waals surface area contributed by atoms with Crippen LogP contribution in [-0.2, 0) is 13.1 Å². The van der Waals surface area contributed by atoms with Gasteiger partial charge in [-0.2, -0.15) is 0 Å². The van der Waals surface area contributed by atoms with Crippen LogP contribution < -0.4 is 26.2 Å². The van der Waals surface area contributed by atoms with Gasteiger partial charge in [-0.25, -0.2) is 9.13 Å². The Kier molecular flexibility index (Phi) is 12.6. The van der Waals surface area contributed by atoms with E-state index in [0.29, 0.717) is 0 Å². The van der Waals surface area contributed by atoms with Crippen LogP contribution in [0.25, 0.3) is 0 Å². The molecular formula is C14H20ClFN2. The molecule has 2 rings (SSSR count). The van der Waals surface area contributed by atoms with Crippen molar-refractivity contribution < 1.29 is 26.2 Å². The number of hydrogen-bond donors (Lipinski definition) is 0. The first-order valence-electron chi connectivity index (χ1n) is 5.75. The average molecular weight is 271 g/mol. The molecule has 0 aromatic carbocycles. The van der Waals surface area contributed by atoms with Crippen molar-refractivity contribution in [2.75, 3.05) is 0 Å². The van der Waals surface area contributed by atoms with Crippen LogP contribution in [0.2, 0.25) is 0 Å². The van der Waals surface area contributed by atoms with E-state index in [-0.39, 0.29) is 17.1 Å². The van der Waals surface area contributed by atoms with E-state index in [9.17, 15) is 0 Å². The zero-order valence-corrected chi connectivity index (χ0v) is 11.6. The van der Waals surface area contributed by atoms with E-state index >= 15 is 0 Å². The highest BCUT2D eigenvalue weighted by atomic mass is 35.5. The van der Waals surface area contributed by atoms with Crippen LogP contribution in [0.4, 0.5) is 0 Å². The van der Waals surface area contributed by atoms with Gasteiger partial charge in [-0.3, -0.25) is 0 Å². The first-order chi connectivity index (χ1) is 7.86. The lowest BCUT2D eigenvalue weighted by Gasteiger charge is -1.84. The minimum absolute atomic E-state index is 0. The number of rotatable bonds is 2. The molecule has 4 heteroatoms. The molecule has 2 heterocycles. The summed E-state index contributed by atoms with van der Waals surface area (Å²) in [5, 5.41) is 0. The van der Waals surface area contributed by atoms with Crippen LogP contribution >= 0.6 is 0 Å². The maximum absolute atomic E-state index is 2.12. The van der Waals surface area contributed by atoms with Crippen molar-refractivity contribution in [2.45, 2.75) is 26.9 Å². The third kappa shape index (κ3) is 7.74. The molecule has 0 aliphatic carbocycles. The van der Waals surface area contributed by atoms with E-state index in [1.807, 2.05) is 36.4 Å². The maximum atomic E-state index is 2.12. The van der Waals surface area contributed by atoms with Gasteiger partial charge in [0.05, 0.1) is 0 Å². The van der Waals surface area contributed by atoms with Crippen LogP contribution in [-0.4, -0.2) is 0 Å². The van der Waals surface area contributed by atoms with Gasteiger partial charge in [0.2, 0.25) is 0 Å². The molecule has 0 saturated carbocycles. The first-order valence-corrected chi connectivity index (χ1v) is 5.75. The summed E-state index contributed by atoms with van der Waals surface area (Å²) in [4.78, 5) is 0. The van der Waals surface area contributed by atoms with Crippen molar-refractivity contribution in [3.63, 3.8) is 0 Å². The highest BCUT2D eigenvalue weighted by Crippen LogP contribution is 1.75. The summed E-state index contributed by atoms with van der Waals surface area (Å²) < 4.78 is 4.25. The van der Waals surface area contributed by atoms with Crippen molar-refractivity contribution in [1.29, 1.82) is 0 Å². The normalized spacial score (nSPS) is 8.11. The van der Waals surface area contributed by atoms with Gasteiger partial charge < -0.3 is 17.1 Å². The van der Waals surface area contributed by atoms with Gasteiger partial charge in [0.1, 0.15) is 13.1 Å². The Morgan fingerprint density at radius 3 is 1.06 bits per heavy atom. The number of halogens is 2. The lowest BCUT2D eigenvalue weighted by Crippen LogP contribution is -3.00. The molecule has 2 aromatic heterocycles. The number of aryl methyl sites for hydroxylation is 2. The Hall–Kier alpha value is -1.48. The van der Waals surface area contributed by atoms with Crippen LogP contribution in [0, 0.1) is 0 Å². The number of pyridine rings is 2. The second-order valence-electron chi connectivity index (χ2n) is 3.41. The van der Waals surface area contributed by atoms with Gasteiger partial charge >= 0.3 is 0 Å². The molecule has 0 fully saturated rings. The average Bonchev–Trinajstić information content (AvgIpc) is 2.41. The van der Waals surface area contributed by atoms with E-state index < -0.39 is 0 Å². The van der Waals surface area contributed by atoms with Gasteiger partial charge in [-0.15, -0.1) is 0 Å². The quantitative estimate of drug-likeness (QED) is 0.492. The summed E-state index contributed by atoms with van der Waals surface area (Å²) >= 11 is 0. The van der Waals surface area contributed by atoms with Gasteiger partial charge in [0.15, 0.2) is 24.8 Å². The SMILES string of the molecule is CC[n+]1ccccc1.CC[n+]1ccccc1.[Cl-].[F-]. The lowest BCUT2D eigenvalue weighted by atomic mass is 10.5. The Morgan fingerprint density at radius 2 is 0.889 bits per heavy atom. The first kappa shape index (κ1) is 18.9. The summed E-state index contributed by atoms with van der Waals surface area (Å²) in [5.41, 5.74) is 0. The van der Waals surface area contributed by atoms with Crippen molar-refractivity contribution in [3.05, 3.63) is 61.2 Å². The zero-order valence-electron chi connectivity index (χ0n) is 10.8. The standard InChI is InChI=1S/2C7H10N.ClH.FH/c2*1-2-8-6-4-3-5-7-8;;/h2*3-7H,2H2,1H3;2*1H/q2*+1;;/p-2. The number of aromatic nitrogens is 2. The Balaban J connectivity index is 0. The fraction of sp³-hybridized carbons (Fsp3) is 0.286. The van der Waals surface area contributed by atoms with E-state index in [1.165, 1.54) is 0 Å². The predicted molar refractivity (Wildman–Crippen MR) is 64.6 cm³/mol. The summed E-state index contributed by atoms with van der Waals surface area (Å²) in [6, 6.07) is 12.2. The van der Waals surface area contributed by atoms with Crippen molar-refractivity contribution in [3.8, 4) is 0 Å². The molecule has 0 spiro atoms. The third-order valence-corrected chi connectivity index (χ3v) is 2.28. The number of nitrogens with zero attached hydrogens (tertiary/aromatic N) is 2. The molecule has 2 nitrogen and oxygen atoms in total. The largest absolute Gasteiger partial charge is 1.00 e. The van der Waals surface area contributed by atoms with Crippen LogP contribution in [0.3, 0.4) is 0 Å². The van der Waals surface area contributed by atoms with E-state index in [4.69, 9.17) is 0 Å². The molecule has 0 radical (unpaired) electrons. The topological polar surface area (TPSA) is 7.76 Å². The molecule has 0 bridgehead atoms. The second-order valence-corrected chi connectivity index (χ2v) is 3.41. The highest BCUT2D eigenvalue weighted by molar-refractivity contribution is 4.83. The summed E-state index contributed by atoms with van der Waals surface area (Å²) in [7, 11) is 0. The molecular weight excluding hydrogens is 251 g/mol. The zero-order chi connectivity index (χ0) is 11.6. The fourth-order valence-electron chi connectivity index (χ4n) is 1.29. The molecule has 0 atom stereocenters. The minimum atomic E-state index is 0. The van der Waals surface area contributed by atoms with E-state index in [0.717, 1.165) is 13.1 Å². The Bertz CT molecular complexity index is 342. The van der Waals surface area contributed by atoms with Gasteiger partial charge in [-0.1, -0.05) is 12.1 Å².